The Hall–Kier alpha value is -0.480. The third kappa shape index (κ3) is 49.6. The molecule has 0 radical (unpaired) electrons. The van der Waals surface area contributed by atoms with Gasteiger partial charge in [-0.25, -0.2) is 16.8 Å². The van der Waals surface area contributed by atoms with Crippen LogP contribution >= 0.6 is 0 Å². The molecule has 0 amide bonds. The standard InChI is InChI=1S/2C32H58O3S.Ca/c2*1-2-3-4-5-6-7-8-9-10-11-12-13-14-15-16-17-18-19-20-21-22-23-24-25-26-31-27-29-32(30-28-31)36(33,34)35;/h2*27-30H,2-26H2,1H3,(H,33,34,35);/q;;+2/p-2. The van der Waals surface area contributed by atoms with E-state index in [4.69, 9.17) is 0 Å². The maximum atomic E-state index is 11.0. The first-order valence-corrected chi connectivity index (χ1v) is 34.0. The van der Waals surface area contributed by atoms with E-state index in [0.717, 1.165) is 36.8 Å². The molecule has 0 saturated carbocycles. The second kappa shape index (κ2) is 53.5. The summed E-state index contributed by atoms with van der Waals surface area (Å²) in [4.78, 5) is -0.267. The van der Waals surface area contributed by atoms with Crippen LogP contribution in [-0.2, 0) is 33.1 Å². The Morgan fingerprint density at radius 1 is 0.247 bits per heavy atom. The van der Waals surface area contributed by atoms with Gasteiger partial charge in [0.1, 0.15) is 20.2 Å². The molecule has 0 saturated heterocycles. The van der Waals surface area contributed by atoms with E-state index in [-0.39, 0.29) is 47.5 Å². The number of aryl methyl sites for hydroxylation is 2. The molecule has 0 atom stereocenters. The molecule has 2 aromatic carbocycles. The topological polar surface area (TPSA) is 114 Å². The maximum Gasteiger partial charge on any atom is 2.00 e. The normalized spacial score (nSPS) is 11.7. The minimum Gasteiger partial charge on any atom is -0.744 e. The van der Waals surface area contributed by atoms with Gasteiger partial charge in [-0.1, -0.05) is 333 Å². The van der Waals surface area contributed by atoms with Crippen LogP contribution in [0.4, 0.5) is 0 Å². The summed E-state index contributed by atoms with van der Waals surface area (Å²) >= 11 is 0. The Morgan fingerprint density at radius 2 is 0.384 bits per heavy atom. The number of rotatable bonds is 52. The van der Waals surface area contributed by atoms with E-state index in [1.807, 2.05) is 0 Å². The molecule has 0 spiro atoms. The van der Waals surface area contributed by atoms with Gasteiger partial charge in [-0.15, -0.1) is 0 Å². The Labute approximate surface area is 484 Å². The van der Waals surface area contributed by atoms with Crippen LogP contribution < -0.4 is 0 Å². The Morgan fingerprint density at radius 3 is 0.521 bits per heavy atom. The van der Waals surface area contributed by atoms with Crippen molar-refractivity contribution >= 4 is 58.0 Å². The van der Waals surface area contributed by atoms with Crippen molar-refractivity contribution in [1.82, 2.24) is 0 Å². The van der Waals surface area contributed by atoms with Crippen LogP contribution in [0.2, 0.25) is 0 Å². The van der Waals surface area contributed by atoms with Gasteiger partial charge in [0.15, 0.2) is 0 Å². The molecule has 2 rings (SSSR count). The second-order valence-electron chi connectivity index (χ2n) is 22.0. The predicted octanol–water partition coefficient (Wildman–Crippen LogP) is 20.7. The van der Waals surface area contributed by atoms with Crippen LogP contribution in [0.5, 0.6) is 0 Å². The van der Waals surface area contributed by atoms with E-state index in [0.29, 0.717) is 0 Å². The average molecular weight is 1080 g/mol. The third-order valence-electron chi connectivity index (χ3n) is 15.1. The van der Waals surface area contributed by atoms with Crippen molar-refractivity contribution in [3.63, 3.8) is 0 Å². The van der Waals surface area contributed by atoms with Gasteiger partial charge >= 0.3 is 37.7 Å². The molecule has 0 aliphatic heterocycles. The number of unbranched alkanes of at least 4 members (excludes halogenated alkanes) is 46. The summed E-state index contributed by atoms with van der Waals surface area (Å²) in [6, 6.07) is 12.8. The fourth-order valence-electron chi connectivity index (χ4n) is 10.2. The van der Waals surface area contributed by atoms with Gasteiger partial charge in [-0.3, -0.25) is 0 Å². The first kappa shape index (κ1) is 72.5. The van der Waals surface area contributed by atoms with E-state index in [1.54, 1.807) is 24.3 Å². The van der Waals surface area contributed by atoms with Crippen LogP contribution in [0.25, 0.3) is 0 Å². The van der Waals surface area contributed by atoms with Gasteiger partial charge < -0.3 is 9.11 Å². The van der Waals surface area contributed by atoms with Crippen molar-refractivity contribution in [3.05, 3.63) is 59.7 Å². The maximum absolute atomic E-state index is 11.0. The molecule has 420 valence electrons. The van der Waals surface area contributed by atoms with Gasteiger partial charge in [0.05, 0.1) is 9.79 Å². The smallest absolute Gasteiger partial charge is 0.744 e. The minimum absolute atomic E-state index is 0. The van der Waals surface area contributed by atoms with E-state index in [9.17, 15) is 25.9 Å². The first-order valence-electron chi connectivity index (χ1n) is 31.2. The molecule has 0 fully saturated rings. The zero-order valence-electron chi connectivity index (χ0n) is 47.9. The van der Waals surface area contributed by atoms with Crippen LogP contribution in [0.1, 0.15) is 333 Å². The molecule has 73 heavy (non-hydrogen) atoms. The Bertz CT molecular complexity index is 1520. The summed E-state index contributed by atoms with van der Waals surface area (Å²) in [6.07, 6.45) is 69.1. The second-order valence-corrected chi connectivity index (χ2v) is 24.7. The Balaban J connectivity index is 0.00000140. The molecule has 2 aromatic rings. The minimum atomic E-state index is -4.33. The molecule has 9 heteroatoms. The molecular weight excluding hydrogens is 969 g/mol. The molecule has 0 aliphatic carbocycles. The van der Waals surface area contributed by atoms with Gasteiger partial charge in [-0.05, 0) is 61.1 Å². The number of hydrogen-bond donors (Lipinski definition) is 0. The van der Waals surface area contributed by atoms with Gasteiger partial charge in [0.25, 0.3) is 0 Å². The van der Waals surface area contributed by atoms with Crippen molar-refractivity contribution in [2.45, 2.75) is 345 Å². The summed E-state index contributed by atoms with van der Waals surface area (Å²) in [5.74, 6) is 0. The van der Waals surface area contributed by atoms with Crippen molar-refractivity contribution in [2.75, 3.05) is 0 Å². The van der Waals surface area contributed by atoms with E-state index < -0.39 is 20.2 Å². The van der Waals surface area contributed by atoms with E-state index >= 15 is 0 Å². The largest absolute Gasteiger partial charge is 2.00 e. The number of hydrogen-bond acceptors (Lipinski definition) is 6. The zero-order chi connectivity index (χ0) is 52.3. The van der Waals surface area contributed by atoms with Crippen LogP contribution in [0.3, 0.4) is 0 Å². The van der Waals surface area contributed by atoms with Crippen LogP contribution in [-0.4, -0.2) is 63.7 Å². The van der Waals surface area contributed by atoms with Gasteiger partial charge in [-0.2, -0.15) is 0 Å². The average Bonchev–Trinajstić information content (AvgIpc) is 3.36. The summed E-state index contributed by atoms with van der Waals surface area (Å²) < 4.78 is 65.8. The molecule has 0 bridgehead atoms. The monoisotopic (exact) mass is 1080 g/mol. The van der Waals surface area contributed by atoms with Crippen molar-refractivity contribution in [3.8, 4) is 0 Å². The molecule has 0 aliphatic rings. The third-order valence-corrected chi connectivity index (χ3v) is 16.8. The first-order chi connectivity index (χ1) is 35.1. The van der Waals surface area contributed by atoms with Crippen molar-refractivity contribution in [2.24, 2.45) is 0 Å². The van der Waals surface area contributed by atoms with Gasteiger partial charge in [0, 0.05) is 0 Å². The fraction of sp³-hybridized carbons (Fsp3) is 0.812. The van der Waals surface area contributed by atoms with Crippen molar-refractivity contribution in [1.29, 1.82) is 0 Å². The van der Waals surface area contributed by atoms with E-state index in [2.05, 4.69) is 13.8 Å². The summed E-state index contributed by atoms with van der Waals surface area (Å²) in [7, 11) is -8.65. The fourth-order valence-corrected chi connectivity index (χ4v) is 11.2. The predicted molar refractivity (Wildman–Crippen MR) is 315 cm³/mol. The molecule has 0 aromatic heterocycles. The van der Waals surface area contributed by atoms with Crippen molar-refractivity contribution < 1.29 is 25.9 Å². The summed E-state index contributed by atoms with van der Waals surface area (Å²) in [5, 5.41) is 0. The summed E-state index contributed by atoms with van der Waals surface area (Å²) in [5.41, 5.74) is 2.22. The van der Waals surface area contributed by atoms with E-state index in [1.165, 1.54) is 320 Å². The molecule has 0 unspecified atom stereocenters. The SMILES string of the molecule is CCCCCCCCCCCCCCCCCCCCCCCCCCc1ccc(S(=O)(=O)[O-])cc1.CCCCCCCCCCCCCCCCCCCCCCCCCCc1ccc(S(=O)(=O)[O-])cc1.[Ca+2]. The quantitative estimate of drug-likeness (QED) is 0.0370. The molecule has 0 heterocycles. The van der Waals surface area contributed by atoms with Gasteiger partial charge in [0.2, 0.25) is 0 Å². The summed E-state index contributed by atoms with van der Waals surface area (Å²) in [6.45, 7) is 4.58. The molecule has 0 N–H and O–H groups in total. The van der Waals surface area contributed by atoms with Crippen LogP contribution in [0, 0.1) is 0 Å². The zero-order valence-corrected chi connectivity index (χ0v) is 51.8. The molecular formula is C64H114CaO6S2. The Kier molecular flexibility index (Phi) is 53.2. The molecule has 6 nitrogen and oxygen atoms in total. The van der Waals surface area contributed by atoms with Crippen LogP contribution in [0.15, 0.2) is 58.3 Å². The number of benzene rings is 2.